The van der Waals surface area contributed by atoms with E-state index in [1.54, 1.807) is 47.6 Å². The number of carbonyl (C=O) groups is 2. The predicted molar refractivity (Wildman–Crippen MR) is 127 cm³/mol. The fourth-order valence-corrected chi connectivity index (χ4v) is 4.86. The number of ketones is 1. The van der Waals surface area contributed by atoms with Gasteiger partial charge < -0.3 is 14.7 Å². The summed E-state index contributed by atoms with van der Waals surface area (Å²) < 4.78 is 5.76. The quantitative estimate of drug-likeness (QED) is 0.253. The molecule has 2 fully saturated rings. The molecule has 4 rings (SSSR count). The second-order valence-corrected chi connectivity index (χ2v) is 8.86. The van der Waals surface area contributed by atoms with Crippen LogP contribution in [-0.4, -0.2) is 39.3 Å². The van der Waals surface area contributed by atoms with Gasteiger partial charge in [0.25, 0.3) is 11.7 Å². The summed E-state index contributed by atoms with van der Waals surface area (Å²) in [6.07, 6.45) is 11.5. The van der Waals surface area contributed by atoms with Crippen molar-refractivity contribution in [2.24, 2.45) is 0 Å². The smallest absolute Gasteiger partial charge is 0.295 e. The van der Waals surface area contributed by atoms with Crippen LogP contribution in [-0.2, 0) is 9.59 Å². The molecule has 1 aliphatic carbocycles. The van der Waals surface area contributed by atoms with Gasteiger partial charge in [0.15, 0.2) is 0 Å². The lowest BCUT2D eigenvalue weighted by atomic mass is 9.91. The molecule has 0 spiro atoms. The third-order valence-corrected chi connectivity index (χ3v) is 6.59. The van der Waals surface area contributed by atoms with Gasteiger partial charge in [-0.1, -0.05) is 45.1 Å². The van der Waals surface area contributed by atoms with Crippen LogP contribution in [0.4, 0.5) is 0 Å². The van der Waals surface area contributed by atoms with E-state index in [4.69, 9.17) is 4.74 Å². The molecule has 6 nitrogen and oxygen atoms in total. The molecule has 1 aromatic carbocycles. The van der Waals surface area contributed by atoms with Crippen LogP contribution < -0.4 is 4.74 Å². The van der Waals surface area contributed by atoms with Crippen molar-refractivity contribution in [1.29, 1.82) is 0 Å². The minimum atomic E-state index is -0.633. The Labute approximate surface area is 195 Å². The maximum Gasteiger partial charge on any atom is 0.295 e. The van der Waals surface area contributed by atoms with Gasteiger partial charge in [-0.3, -0.25) is 14.6 Å². The lowest BCUT2D eigenvalue weighted by Gasteiger charge is -2.35. The minimum absolute atomic E-state index is 0.00963. The SMILES string of the molecule is CCCCCOc1ccc(/C(O)=C2/C(=O)C(=O)N(C3CCCCC3)C2c2cccnc2)cc1. The zero-order chi connectivity index (χ0) is 23.2. The molecule has 1 aromatic heterocycles. The molecule has 1 N–H and O–H groups in total. The van der Waals surface area contributed by atoms with Crippen LogP contribution in [0.25, 0.3) is 5.76 Å². The van der Waals surface area contributed by atoms with Gasteiger partial charge >= 0.3 is 0 Å². The highest BCUT2D eigenvalue weighted by Crippen LogP contribution is 2.42. The van der Waals surface area contributed by atoms with Gasteiger partial charge in [0.2, 0.25) is 0 Å². The topological polar surface area (TPSA) is 79.7 Å². The molecule has 2 heterocycles. The summed E-state index contributed by atoms with van der Waals surface area (Å²) in [5.74, 6) is -0.604. The molecule has 1 aliphatic heterocycles. The normalized spacial score (nSPS) is 20.9. The molecule has 6 heteroatoms. The van der Waals surface area contributed by atoms with E-state index >= 15 is 0 Å². The van der Waals surface area contributed by atoms with Gasteiger partial charge in [0.1, 0.15) is 11.5 Å². The minimum Gasteiger partial charge on any atom is -0.507 e. The maximum absolute atomic E-state index is 13.2. The number of nitrogens with zero attached hydrogens (tertiary/aromatic N) is 2. The molecular formula is C27H32N2O4. The van der Waals surface area contributed by atoms with Crippen LogP contribution in [0.1, 0.15) is 75.5 Å². The average Bonchev–Trinajstić information content (AvgIpc) is 3.13. The number of ether oxygens (including phenoxy) is 1. The number of amides is 1. The number of aromatic nitrogens is 1. The first-order valence-corrected chi connectivity index (χ1v) is 12.0. The number of hydrogen-bond acceptors (Lipinski definition) is 5. The second kappa shape index (κ2) is 10.6. The number of aliphatic hydroxyl groups excluding tert-OH is 1. The Bertz CT molecular complexity index is 995. The molecule has 33 heavy (non-hydrogen) atoms. The predicted octanol–water partition coefficient (Wildman–Crippen LogP) is 5.41. The number of carbonyl (C=O) groups excluding carboxylic acids is 2. The van der Waals surface area contributed by atoms with Crippen molar-refractivity contribution < 1.29 is 19.4 Å². The summed E-state index contributed by atoms with van der Waals surface area (Å²) in [5.41, 5.74) is 1.36. The van der Waals surface area contributed by atoms with E-state index in [0.29, 0.717) is 17.9 Å². The molecule has 174 valence electrons. The summed E-state index contributed by atoms with van der Waals surface area (Å²) in [6, 6.07) is 10.1. The Balaban J connectivity index is 1.67. The first-order valence-electron chi connectivity index (χ1n) is 12.0. The van der Waals surface area contributed by atoms with Crippen LogP contribution in [0.3, 0.4) is 0 Å². The highest BCUT2D eigenvalue weighted by atomic mass is 16.5. The van der Waals surface area contributed by atoms with Gasteiger partial charge in [0.05, 0.1) is 18.2 Å². The zero-order valence-corrected chi connectivity index (χ0v) is 19.2. The van der Waals surface area contributed by atoms with Crippen molar-refractivity contribution in [1.82, 2.24) is 9.88 Å². The highest BCUT2D eigenvalue weighted by Gasteiger charge is 2.48. The van der Waals surface area contributed by atoms with E-state index in [-0.39, 0.29) is 17.4 Å². The summed E-state index contributed by atoms with van der Waals surface area (Å²) in [6.45, 7) is 2.79. The molecule has 2 aliphatic rings. The highest BCUT2D eigenvalue weighted by molar-refractivity contribution is 6.46. The number of rotatable bonds is 8. The monoisotopic (exact) mass is 448 g/mol. The summed E-state index contributed by atoms with van der Waals surface area (Å²) in [5, 5.41) is 11.2. The molecule has 1 saturated heterocycles. The van der Waals surface area contributed by atoms with Crippen molar-refractivity contribution in [3.63, 3.8) is 0 Å². The number of unbranched alkanes of at least 4 members (excludes halogenated alkanes) is 2. The first kappa shape index (κ1) is 23.0. The molecule has 2 aromatic rings. The Morgan fingerprint density at radius 1 is 1.09 bits per heavy atom. The molecule has 1 unspecified atom stereocenters. The van der Waals surface area contributed by atoms with E-state index in [2.05, 4.69) is 11.9 Å². The second-order valence-electron chi connectivity index (χ2n) is 8.86. The third kappa shape index (κ3) is 4.95. The fraction of sp³-hybridized carbons (Fsp3) is 0.444. The van der Waals surface area contributed by atoms with Crippen LogP contribution in [0.15, 0.2) is 54.4 Å². The van der Waals surface area contributed by atoms with Crippen molar-refractivity contribution >= 4 is 17.4 Å². The maximum atomic E-state index is 13.2. The Hall–Kier alpha value is -3.15. The number of hydrogen-bond donors (Lipinski definition) is 1. The van der Waals surface area contributed by atoms with E-state index < -0.39 is 17.7 Å². The number of likely N-dealkylation sites (tertiary alicyclic amines) is 1. The van der Waals surface area contributed by atoms with Crippen LogP contribution in [0, 0.1) is 0 Å². The molecular weight excluding hydrogens is 416 g/mol. The zero-order valence-electron chi connectivity index (χ0n) is 19.2. The van der Waals surface area contributed by atoms with Crippen molar-refractivity contribution in [2.45, 2.75) is 70.4 Å². The number of pyridine rings is 1. The van der Waals surface area contributed by atoms with Crippen molar-refractivity contribution in [3.05, 3.63) is 65.5 Å². The van der Waals surface area contributed by atoms with Crippen LogP contribution in [0.5, 0.6) is 5.75 Å². The molecule has 1 amide bonds. The van der Waals surface area contributed by atoms with E-state index in [0.717, 1.165) is 56.9 Å². The Morgan fingerprint density at radius 2 is 1.85 bits per heavy atom. The molecule has 0 radical (unpaired) electrons. The lowest BCUT2D eigenvalue weighted by molar-refractivity contribution is -0.141. The van der Waals surface area contributed by atoms with Crippen LogP contribution >= 0.6 is 0 Å². The summed E-state index contributed by atoms with van der Waals surface area (Å²) in [4.78, 5) is 32.2. The Morgan fingerprint density at radius 3 is 2.52 bits per heavy atom. The van der Waals surface area contributed by atoms with Gasteiger partial charge in [-0.15, -0.1) is 0 Å². The fourth-order valence-electron chi connectivity index (χ4n) is 4.86. The largest absolute Gasteiger partial charge is 0.507 e. The molecule has 1 saturated carbocycles. The van der Waals surface area contributed by atoms with Crippen molar-refractivity contribution in [3.8, 4) is 5.75 Å². The lowest BCUT2D eigenvalue weighted by Crippen LogP contribution is -2.40. The number of aliphatic hydroxyl groups is 1. The Kier molecular flexibility index (Phi) is 7.43. The standard InChI is InChI=1S/C27H32N2O4/c1-2-3-7-17-33-22-14-12-19(13-15-22)25(30)23-24(20-9-8-16-28-18-20)29(27(32)26(23)31)21-10-5-4-6-11-21/h8-9,12-16,18,21,24,30H,2-7,10-11,17H2,1H3/b25-23-. The summed E-state index contributed by atoms with van der Waals surface area (Å²) in [7, 11) is 0. The number of Topliss-reactive ketones (excluding diaryl/α,β-unsaturated/α-hetero) is 1. The van der Waals surface area contributed by atoms with Crippen LogP contribution in [0.2, 0.25) is 0 Å². The summed E-state index contributed by atoms with van der Waals surface area (Å²) >= 11 is 0. The molecule has 1 atom stereocenters. The van der Waals surface area contributed by atoms with Gasteiger partial charge in [0, 0.05) is 24.0 Å². The van der Waals surface area contributed by atoms with Gasteiger partial charge in [-0.05, 0) is 55.2 Å². The van der Waals surface area contributed by atoms with E-state index in [1.165, 1.54) is 0 Å². The van der Waals surface area contributed by atoms with E-state index in [1.807, 2.05) is 6.07 Å². The van der Waals surface area contributed by atoms with E-state index in [9.17, 15) is 14.7 Å². The first-order chi connectivity index (χ1) is 16.1. The van der Waals surface area contributed by atoms with Crippen molar-refractivity contribution in [2.75, 3.05) is 6.61 Å². The van der Waals surface area contributed by atoms with Gasteiger partial charge in [-0.2, -0.15) is 0 Å². The average molecular weight is 449 g/mol. The number of benzene rings is 1. The molecule has 0 bridgehead atoms. The third-order valence-electron chi connectivity index (χ3n) is 6.59. The van der Waals surface area contributed by atoms with Gasteiger partial charge in [-0.25, -0.2) is 0 Å².